The predicted molar refractivity (Wildman–Crippen MR) is 148 cm³/mol. The fraction of sp³-hybridized carbons (Fsp3) is 0.407. The van der Waals surface area contributed by atoms with Crippen LogP contribution in [0.5, 0.6) is 11.6 Å². The van der Waals surface area contributed by atoms with Gasteiger partial charge in [0.15, 0.2) is 17.0 Å². The summed E-state index contributed by atoms with van der Waals surface area (Å²) < 4.78 is 9.00. The molecule has 6 rings (SSSR count). The summed E-state index contributed by atoms with van der Waals surface area (Å²) in [4.78, 5) is 18.8. The van der Waals surface area contributed by atoms with E-state index in [1.807, 2.05) is 42.7 Å². The molecule has 1 aromatic carbocycles. The van der Waals surface area contributed by atoms with Crippen molar-refractivity contribution in [2.24, 2.45) is 5.73 Å². The number of hydrogen-bond donors (Lipinski definition) is 3. The molecule has 2 aliphatic rings. The zero-order valence-corrected chi connectivity index (χ0v) is 22.2. The Labute approximate surface area is 224 Å². The second-order valence-electron chi connectivity index (χ2n) is 9.98. The maximum absolute atomic E-state index is 6.12. The minimum absolute atomic E-state index is 0.300. The van der Waals surface area contributed by atoms with Crippen LogP contribution in [-0.2, 0) is 0 Å². The zero-order valence-electron chi connectivity index (χ0n) is 20.6. The topological polar surface area (TPSA) is 116 Å². The van der Waals surface area contributed by atoms with E-state index in [9.17, 15) is 0 Å². The first-order valence-electron chi connectivity index (χ1n) is 13.0. The van der Waals surface area contributed by atoms with E-state index >= 15 is 0 Å². The molecule has 10 heteroatoms. The van der Waals surface area contributed by atoms with E-state index in [-0.39, 0.29) is 0 Å². The van der Waals surface area contributed by atoms with Gasteiger partial charge >= 0.3 is 0 Å². The quantitative estimate of drug-likeness (QED) is 0.239. The minimum atomic E-state index is 0.300. The first-order chi connectivity index (χ1) is 18.1. The number of pyridine rings is 1. The number of benzene rings is 1. The Kier molecular flexibility index (Phi) is 6.93. The van der Waals surface area contributed by atoms with Crippen LogP contribution in [-0.4, -0.2) is 36.6 Å². The van der Waals surface area contributed by atoms with Gasteiger partial charge in [-0.2, -0.15) is 9.97 Å². The molecule has 4 N–H and O–H groups in total. The van der Waals surface area contributed by atoms with E-state index in [2.05, 4.69) is 36.1 Å². The number of halogens is 1. The zero-order chi connectivity index (χ0) is 25.2. The summed E-state index contributed by atoms with van der Waals surface area (Å²) in [6.07, 6.45) is 12.6. The highest BCUT2D eigenvalue weighted by Crippen LogP contribution is 2.34. The molecule has 192 valence electrons. The van der Waals surface area contributed by atoms with Crippen molar-refractivity contribution in [1.29, 1.82) is 0 Å². The molecule has 0 radical (unpaired) electrons. The van der Waals surface area contributed by atoms with Crippen LogP contribution in [0.3, 0.4) is 0 Å². The summed E-state index contributed by atoms with van der Waals surface area (Å²) >= 11 is 3.39. The van der Waals surface area contributed by atoms with Crippen LogP contribution in [0.1, 0.15) is 57.4 Å². The molecule has 3 heterocycles. The highest BCUT2D eigenvalue weighted by molar-refractivity contribution is 9.10. The smallest absolute Gasteiger partial charge is 0.227 e. The van der Waals surface area contributed by atoms with Crippen molar-refractivity contribution < 1.29 is 4.74 Å². The highest BCUT2D eigenvalue weighted by Gasteiger charge is 2.24. The van der Waals surface area contributed by atoms with Gasteiger partial charge < -0.3 is 25.7 Å². The molecule has 0 bridgehead atoms. The summed E-state index contributed by atoms with van der Waals surface area (Å²) in [6.45, 7) is 0. The number of nitrogens with two attached hydrogens (primary N) is 1. The lowest BCUT2D eigenvalue weighted by Crippen LogP contribution is -2.33. The van der Waals surface area contributed by atoms with Crippen LogP contribution < -0.4 is 21.1 Å². The van der Waals surface area contributed by atoms with Gasteiger partial charge in [0.2, 0.25) is 11.8 Å². The SMILES string of the molecule is NC1CCC(Nc2nc(Nc3ccc(Oc4ccc(Br)cn4)cc3)c3ncn(C4CCCC4)c3n2)CC1. The first kappa shape index (κ1) is 24.1. The van der Waals surface area contributed by atoms with Gasteiger partial charge in [-0.25, -0.2) is 9.97 Å². The Morgan fingerprint density at radius 2 is 1.70 bits per heavy atom. The van der Waals surface area contributed by atoms with Gasteiger partial charge in [0, 0.05) is 40.5 Å². The van der Waals surface area contributed by atoms with Crippen molar-refractivity contribution in [1.82, 2.24) is 24.5 Å². The molecular formula is C27H31BrN8O. The molecule has 2 aliphatic carbocycles. The van der Waals surface area contributed by atoms with Crippen LogP contribution in [0.25, 0.3) is 11.2 Å². The van der Waals surface area contributed by atoms with Crippen LogP contribution >= 0.6 is 15.9 Å². The van der Waals surface area contributed by atoms with Gasteiger partial charge in [0.1, 0.15) is 5.75 Å². The number of anilines is 3. The van der Waals surface area contributed by atoms with Gasteiger partial charge in [-0.05, 0) is 84.8 Å². The van der Waals surface area contributed by atoms with E-state index in [0.717, 1.165) is 59.8 Å². The average molecular weight is 564 g/mol. The van der Waals surface area contributed by atoms with Gasteiger partial charge in [0.05, 0.1) is 6.33 Å². The molecule has 0 saturated heterocycles. The Morgan fingerprint density at radius 3 is 2.43 bits per heavy atom. The van der Waals surface area contributed by atoms with Gasteiger partial charge in [-0.1, -0.05) is 12.8 Å². The largest absolute Gasteiger partial charge is 0.439 e. The Bertz CT molecular complexity index is 1340. The van der Waals surface area contributed by atoms with Crippen molar-refractivity contribution in [3.8, 4) is 11.6 Å². The van der Waals surface area contributed by atoms with E-state index < -0.39 is 0 Å². The molecular weight excluding hydrogens is 532 g/mol. The molecule has 0 aliphatic heterocycles. The van der Waals surface area contributed by atoms with Gasteiger partial charge in [-0.3, -0.25) is 0 Å². The van der Waals surface area contributed by atoms with Crippen molar-refractivity contribution in [2.75, 3.05) is 10.6 Å². The number of rotatable bonds is 7. The van der Waals surface area contributed by atoms with Gasteiger partial charge in [-0.15, -0.1) is 0 Å². The molecule has 0 unspecified atom stereocenters. The maximum atomic E-state index is 6.12. The molecule has 2 saturated carbocycles. The molecule has 0 amide bonds. The minimum Gasteiger partial charge on any atom is -0.439 e. The number of ether oxygens (including phenoxy) is 1. The molecule has 4 aromatic rings. The lowest BCUT2D eigenvalue weighted by molar-refractivity contribution is 0.410. The molecule has 3 aromatic heterocycles. The van der Waals surface area contributed by atoms with Crippen molar-refractivity contribution in [2.45, 2.75) is 69.5 Å². The third-order valence-corrected chi connectivity index (χ3v) is 7.75. The van der Waals surface area contributed by atoms with E-state index in [1.165, 1.54) is 12.8 Å². The molecule has 0 atom stereocenters. The molecule has 0 spiro atoms. The normalized spacial score (nSPS) is 20.3. The Hall–Kier alpha value is -3.24. The predicted octanol–water partition coefficient (Wildman–Crippen LogP) is 6.32. The van der Waals surface area contributed by atoms with Crippen LogP contribution in [0, 0.1) is 0 Å². The summed E-state index contributed by atoms with van der Waals surface area (Å²) in [7, 11) is 0. The number of aromatic nitrogens is 5. The second kappa shape index (κ2) is 10.6. The van der Waals surface area contributed by atoms with Crippen LogP contribution in [0.4, 0.5) is 17.5 Å². The monoisotopic (exact) mass is 562 g/mol. The van der Waals surface area contributed by atoms with Crippen LogP contribution in [0.2, 0.25) is 0 Å². The van der Waals surface area contributed by atoms with E-state index in [0.29, 0.717) is 41.5 Å². The number of imidazole rings is 1. The number of hydrogen-bond acceptors (Lipinski definition) is 8. The summed E-state index contributed by atoms with van der Waals surface area (Å²) in [6, 6.07) is 12.5. The average Bonchev–Trinajstić information content (AvgIpc) is 3.58. The fourth-order valence-corrected chi connectivity index (χ4v) is 5.48. The fourth-order valence-electron chi connectivity index (χ4n) is 5.25. The van der Waals surface area contributed by atoms with Gasteiger partial charge in [0.25, 0.3) is 0 Å². The van der Waals surface area contributed by atoms with Crippen molar-refractivity contribution in [3.05, 3.63) is 53.4 Å². The molecule has 2 fully saturated rings. The standard InChI is InChI=1S/C27H31BrN8O/c28-17-5-14-23(30-15-17)37-22-12-10-19(11-13-22)32-25-24-26(36(16-31-24)21-3-1-2-4-21)35-27(34-25)33-20-8-6-18(29)7-9-20/h5,10-16,18,20-21H,1-4,6-9,29H2,(H2,32,33,34,35). The molecule has 37 heavy (non-hydrogen) atoms. The third-order valence-electron chi connectivity index (χ3n) is 7.28. The Morgan fingerprint density at radius 1 is 0.919 bits per heavy atom. The summed E-state index contributed by atoms with van der Waals surface area (Å²) in [5.41, 5.74) is 8.66. The lowest BCUT2D eigenvalue weighted by atomic mass is 9.92. The number of fused-ring (bicyclic) bond motifs is 1. The highest BCUT2D eigenvalue weighted by atomic mass is 79.9. The second-order valence-corrected chi connectivity index (χ2v) is 10.9. The third kappa shape index (κ3) is 5.55. The van der Waals surface area contributed by atoms with Crippen molar-refractivity contribution in [3.63, 3.8) is 0 Å². The number of nitrogens with one attached hydrogen (secondary N) is 2. The number of nitrogens with zero attached hydrogens (tertiary/aromatic N) is 5. The van der Waals surface area contributed by atoms with E-state index in [4.69, 9.17) is 25.4 Å². The van der Waals surface area contributed by atoms with Crippen molar-refractivity contribution >= 4 is 44.5 Å². The van der Waals surface area contributed by atoms with E-state index in [1.54, 1.807) is 6.20 Å². The summed E-state index contributed by atoms with van der Waals surface area (Å²) in [5.74, 6) is 2.58. The summed E-state index contributed by atoms with van der Waals surface area (Å²) in [5, 5.41) is 7.05. The van der Waals surface area contributed by atoms with Crippen LogP contribution in [0.15, 0.2) is 53.4 Å². The Balaban J connectivity index is 1.26. The molecule has 9 nitrogen and oxygen atoms in total. The first-order valence-corrected chi connectivity index (χ1v) is 13.8. The lowest BCUT2D eigenvalue weighted by Gasteiger charge is -2.27. The maximum Gasteiger partial charge on any atom is 0.227 e.